The smallest absolute Gasteiger partial charge is 0.256 e. The first-order valence-corrected chi connectivity index (χ1v) is 15.1. The molecule has 244 valence electrons. The van der Waals surface area contributed by atoms with E-state index in [-0.39, 0.29) is 37.0 Å². The molecule has 0 aliphatic heterocycles. The fraction of sp³-hybridized carbons (Fsp3) is 0.132. The van der Waals surface area contributed by atoms with Crippen molar-refractivity contribution in [3.8, 4) is 11.1 Å². The molecule has 0 aliphatic carbocycles. The number of amidine groups is 1. The van der Waals surface area contributed by atoms with Crippen molar-refractivity contribution in [2.45, 2.75) is 26.8 Å². The summed E-state index contributed by atoms with van der Waals surface area (Å²) in [6, 6.07) is 28.2. The number of nitrogens with two attached hydrogens (primary N) is 1. The predicted octanol–water partition coefficient (Wildman–Crippen LogP) is 5.89. The van der Waals surface area contributed by atoms with E-state index in [2.05, 4.69) is 17.2 Å². The molecule has 10 heteroatoms. The van der Waals surface area contributed by atoms with Gasteiger partial charge in [-0.1, -0.05) is 72.8 Å². The molecule has 0 spiro atoms. The highest BCUT2D eigenvalue weighted by Crippen LogP contribution is 2.21. The van der Waals surface area contributed by atoms with Gasteiger partial charge in [0.15, 0.2) is 5.78 Å². The van der Waals surface area contributed by atoms with E-state index in [0.29, 0.717) is 28.1 Å². The number of nitrogens with zero attached hydrogens (tertiary/aromatic N) is 1. The average molecular weight is 644 g/mol. The molecule has 0 fully saturated rings. The number of amides is 3. The lowest BCUT2D eigenvalue weighted by molar-refractivity contribution is -0.122. The molecule has 0 radical (unpaired) electrons. The molecule has 48 heavy (non-hydrogen) atoms. The molecule has 0 saturated carbocycles. The van der Waals surface area contributed by atoms with E-state index >= 15 is 0 Å². The Morgan fingerprint density at radius 3 is 1.94 bits per heavy atom. The van der Waals surface area contributed by atoms with Crippen molar-refractivity contribution in [1.82, 2.24) is 10.2 Å². The lowest BCUT2D eigenvalue weighted by Crippen LogP contribution is -2.32. The van der Waals surface area contributed by atoms with Crippen LogP contribution in [0.25, 0.3) is 11.1 Å². The topological polar surface area (TPSA) is 166 Å². The molecule has 0 saturated heterocycles. The number of allylic oxidation sites excluding steroid dienone is 2. The minimum atomic E-state index is -0.515. The number of hydrogen-bond acceptors (Lipinski definition) is 7. The first-order valence-electron chi connectivity index (χ1n) is 15.1. The number of aryl methyl sites for hydroxylation is 1. The summed E-state index contributed by atoms with van der Waals surface area (Å²) in [7, 11) is 0. The molecule has 0 atom stereocenters. The van der Waals surface area contributed by atoms with Gasteiger partial charge in [-0.15, -0.1) is 0 Å². The van der Waals surface area contributed by atoms with Gasteiger partial charge in [0.25, 0.3) is 11.8 Å². The van der Waals surface area contributed by atoms with Crippen LogP contribution in [0.4, 0.5) is 5.69 Å². The maximum Gasteiger partial charge on any atom is 0.256 e. The number of rotatable bonds is 12. The zero-order chi connectivity index (χ0) is 34.8. The molecule has 0 aliphatic rings. The second-order valence-electron chi connectivity index (χ2n) is 11.4. The Bertz CT molecular complexity index is 1860. The first-order chi connectivity index (χ1) is 22.9. The number of carbonyl (C=O) groups is 4. The molecule has 4 rings (SSSR count). The second-order valence-corrected chi connectivity index (χ2v) is 11.4. The van der Waals surface area contributed by atoms with Crippen molar-refractivity contribution in [3.63, 3.8) is 0 Å². The highest BCUT2D eigenvalue weighted by atomic mass is 16.3. The zero-order valence-electron chi connectivity index (χ0n) is 26.7. The molecular weight excluding hydrogens is 606 g/mol. The zero-order valence-corrected chi connectivity index (χ0v) is 26.7. The first kappa shape index (κ1) is 34.6. The Labute approximate surface area is 279 Å². The van der Waals surface area contributed by atoms with Crippen LogP contribution < -0.4 is 16.4 Å². The van der Waals surface area contributed by atoms with Gasteiger partial charge >= 0.3 is 0 Å². The standard InChI is InChI=1S/C38H37N5O5/c1-24-4-8-28(9-5-24)29-12-14-31(15-13-29)37(47)42-36(40)30-10-6-27(7-11-30)23-43(22-26(3)44)38(48)32-16-18-33(19-17-32)41-35(46)21-34(45)20-25(2)39/h4-20,44H,3,21-23,39H2,1-2H3,(H,41,46)(H2,40,42,47). The largest absolute Gasteiger partial charge is 0.511 e. The third-order valence-corrected chi connectivity index (χ3v) is 7.19. The number of hydrogen-bond donors (Lipinski definition) is 5. The van der Waals surface area contributed by atoms with Crippen molar-refractivity contribution < 1.29 is 24.3 Å². The summed E-state index contributed by atoms with van der Waals surface area (Å²) in [5.41, 5.74) is 11.3. The fourth-order valence-electron chi connectivity index (χ4n) is 4.78. The summed E-state index contributed by atoms with van der Waals surface area (Å²) in [6.45, 7) is 7.10. The van der Waals surface area contributed by atoms with Crippen molar-refractivity contribution >= 4 is 35.0 Å². The van der Waals surface area contributed by atoms with Gasteiger partial charge in [-0.2, -0.15) is 0 Å². The van der Waals surface area contributed by atoms with Crippen LogP contribution in [0.1, 0.15) is 50.8 Å². The monoisotopic (exact) mass is 643 g/mol. The number of benzene rings is 4. The lowest BCUT2D eigenvalue weighted by Gasteiger charge is -2.23. The summed E-state index contributed by atoms with van der Waals surface area (Å²) in [4.78, 5) is 51.5. The third-order valence-electron chi connectivity index (χ3n) is 7.19. The lowest BCUT2D eigenvalue weighted by atomic mass is 10.0. The molecule has 3 amide bonds. The van der Waals surface area contributed by atoms with Crippen LogP contribution in [0.5, 0.6) is 0 Å². The molecule has 4 aromatic carbocycles. The van der Waals surface area contributed by atoms with E-state index in [1.165, 1.54) is 28.7 Å². The van der Waals surface area contributed by atoms with Crippen LogP contribution in [-0.2, 0) is 16.1 Å². The summed E-state index contributed by atoms with van der Waals surface area (Å²) in [6.07, 6.45) is 0.823. The van der Waals surface area contributed by atoms with E-state index in [4.69, 9.17) is 11.1 Å². The van der Waals surface area contributed by atoms with Crippen LogP contribution in [0.2, 0.25) is 0 Å². The van der Waals surface area contributed by atoms with Crippen molar-refractivity contribution in [2.75, 3.05) is 11.9 Å². The SMILES string of the molecule is C=C(O)CN(Cc1ccc(C(=N)NC(=O)c2ccc(-c3ccc(C)cc3)cc2)cc1)C(=O)c1ccc(NC(=O)CC(=O)C=C(C)N)cc1. The minimum absolute atomic E-state index is 0.0756. The summed E-state index contributed by atoms with van der Waals surface area (Å²) < 4.78 is 0. The van der Waals surface area contributed by atoms with Crippen LogP contribution in [0, 0.1) is 12.3 Å². The molecule has 4 aromatic rings. The summed E-state index contributed by atoms with van der Waals surface area (Å²) >= 11 is 0. The number of ketones is 1. The Morgan fingerprint density at radius 1 is 0.833 bits per heavy atom. The average Bonchev–Trinajstić information content (AvgIpc) is 3.04. The molecular formula is C38H37N5O5. The van der Waals surface area contributed by atoms with Gasteiger partial charge in [-0.3, -0.25) is 24.6 Å². The number of aliphatic hydroxyl groups excluding tert-OH is 1. The van der Waals surface area contributed by atoms with Crippen LogP contribution >= 0.6 is 0 Å². The summed E-state index contributed by atoms with van der Waals surface area (Å²) in [5.74, 6) is -2.01. The highest BCUT2D eigenvalue weighted by molar-refractivity contribution is 6.11. The van der Waals surface area contributed by atoms with Crippen LogP contribution in [0.3, 0.4) is 0 Å². The van der Waals surface area contributed by atoms with Crippen LogP contribution in [0.15, 0.2) is 121 Å². The molecule has 10 nitrogen and oxygen atoms in total. The predicted molar refractivity (Wildman–Crippen MR) is 187 cm³/mol. The number of nitrogens with one attached hydrogen (secondary N) is 3. The van der Waals surface area contributed by atoms with Crippen molar-refractivity contribution in [3.05, 3.63) is 149 Å². The van der Waals surface area contributed by atoms with Gasteiger partial charge in [-0.05, 0) is 66.9 Å². The second kappa shape index (κ2) is 15.8. The van der Waals surface area contributed by atoms with Gasteiger partial charge < -0.3 is 26.4 Å². The highest BCUT2D eigenvalue weighted by Gasteiger charge is 2.18. The van der Waals surface area contributed by atoms with Gasteiger partial charge in [0.2, 0.25) is 5.91 Å². The minimum Gasteiger partial charge on any atom is -0.511 e. The van der Waals surface area contributed by atoms with E-state index in [9.17, 15) is 24.3 Å². The summed E-state index contributed by atoms with van der Waals surface area (Å²) in [5, 5.41) is 23.5. The normalized spacial score (nSPS) is 10.9. The van der Waals surface area contributed by atoms with E-state index in [1.807, 2.05) is 43.3 Å². The fourth-order valence-corrected chi connectivity index (χ4v) is 4.78. The number of anilines is 1. The van der Waals surface area contributed by atoms with Crippen molar-refractivity contribution in [2.24, 2.45) is 5.73 Å². The Balaban J connectivity index is 1.36. The van der Waals surface area contributed by atoms with Gasteiger partial charge in [0.1, 0.15) is 11.6 Å². The molecule has 0 aromatic heterocycles. The van der Waals surface area contributed by atoms with E-state index in [1.54, 1.807) is 55.5 Å². The number of aliphatic hydroxyl groups is 1. The van der Waals surface area contributed by atoms with Crippen molar-refractivity contribution in [1.29, 1.82) is 5.41 Å². The van der Waals surface area contributed by atoms with E-state index in [0.717, 1.165) is 16.7 Å². The molecule has 0 unspecified atom stereocenters. The maximum absolute atomic E-state index is 13.4. The molecule has 0 heterocycles. The van der Waals surface area contributed by atoms with Gasteiger partial charge in [0.05, 0.1) is 13.0 Å². The van der Waals surface area contributed by atoms with Crippen LogP contribution in [-0.4, -0.2) is 45.9 Å². The maximum atomic E-state index is 13.4. The quantitative estimate of drug-likeness (QED) is 0.0424. The Hall–Kier alpha value is -6.29. The Morgan fingerprint density at radius 2 is 1.38 bits per heavy atom. The third kappa shape index (κ3) is 9.85. The van der Waals surface area contributed by atoms with Gasteiger partial charge in [0, 0.05) is 40.7 Å². The Kier molecular flexibility index (Phi) is 11.4. The molecule has 0 bridgehead atoms. The molecule has 6 N–H and O–H groups in total. The van der Waals surface area contributed by atoms with Gasteiger partial charge in [-0.25, -0.2) is 0 Å². The number of carbonyl (C=O) groups excluding carboxylic acids is 4. The van der Waals surface area contributed by atoms with E-state index < -0.39 is 17.6 Å².